The Bertz CT molecular complexity index is 612. The summed E-state index contributed by atoms with van der Waals surface area (Å²) in [5.74, 6) is 0. The molecule has 0 spiro atoms. The number of hydrogen-bond donors (Lipinski definition) is 1. The van der Waals surface area contributed by atoms with E-state index >= 15 is 0 Å². The van der Waals surface area contributed by atoms with Crippen LogP contribution in [0.3, 0.4) is 0 Å². The van der Waals surface area contributed by atoms with Crippen molar-refractivity contribution < 1.29 is 0 Å². The van der Waals surface area contributed by atoms with E-state index in [0.717, 1.165) is 40.9 Å². The first-order valence-electron chi connectivity index (χ1n) is 7.06. The lowest BCUT2D eigenvalue weighted by Crippen LogP contribution is -2.26. The zero-order chi connectivity index (χ0) is 15.4. The Morgan fingerprint density at radius 2 is 2.24 bits per heavy atom. The highest BCUT2D eigenvalue weighted by Gasteiger charge is 2.20. The standard InChI is InChI=1S/C15H20BrClN4/c1-4-7-18-12(15-11(17)6-5-8-19-15)9-13-14(16)10(2)20-21(13)3/h5-6,8,12,18H,4,7,9H2,1-3H3. The first-order chi connectivity index (χ1) is 10.0. The van der Waals surface area contributed by atoms with E-state index in [1.165, 1.54) is 0 Å². The summed E-state index contributed by atoms with van der Waals surface area (Å²) in [4.78, 5) is 4.45. The van der Waals surface area contributed by atoms with E-state index < -0.39 is 0 Å². The molecule has 0 amide bonds. The van der Waals surface area contributed by atoms with E-state index in [1.807, 2.05) is 30.8 Å². The molecule has 0 radical (unpaired) electrons. The number of aromatic nitrogens is 3. The second kappa shape index (κ2) is 7.38. The predicted octanol–water partition coefficient (Wildman–Crippen LogP) is 3.82. The van der Waals surface area contributed by atoms with Crippen molar-refractivity contribution in [2.45, 2.75) is 32.7 Å². The minimum absolute atomic E-state index is 0.0738. The summed E-state index contributed by atoms with van der Waals surface area (Å²) in [5, 5.41) is 8.67. The van der Waals surface area contributed by atoms with Gasteiger partial charge in [-0.1, -0.05) is 18.5 Å². The molecule has 1 atom stereocenters. The zero-order valence-corrected chi connectivity index (χ0v) is 14.9. The summed E-state index contributed by atoms with van der Waals surface area (Å²) < 4.78 is 2.97. The third-order valence-corrected chi connectivity index (χ3v) is 4.77. The van der Waals surface area contributed by atoms with Gasteiger partial charge < -0.3 is 5.32 Å². The van der Waals surface area contributed by atoms with E-state index in [2.05, 4.69) is 38.3 Å². The van der Waals surface area contributed by atoms with Crippen molar-refractivity contribution in [1.82, 2.24) is 20.1 Å². The van der Waals surface area contributed by atoms with Gasteiger partial charge in [0.05, 0.1) is 32.6 Å². The maximum atomic E-state index is 6.31. The van der Waals surface area contributed by atoms with Crippen LogP contribution in [0, 0.1) is 6.92 Å². The Labute approximate surface area is 139 Å². The molecule has 0 aliphatic rings. The number of halogens is 2. The molecule has 2 aromatic heterocycles. The Kier molecular flexibility index (Phi) is 5.79. The van der Waals surface area contributed by atoms with Crippen molar-refractivity contribution in [1.29, 1.82) is 0 Å². The summed E-state index contributed by atoms with van der Waals surface area (Å²) in [6, 6.07) is 3.81. The van der Waals surface area contributed by atoms with E-state index in [0.29, 0.717) is 5.02 Å². The zero-order valence-electron chi connectivity index (χ0n) is 12.5. The molecule has 2 aromatic rings. The van der Waals surface area contributed by atoms with Crippen LogP contribution >= 0.6 is 27.5 Å². The molecule has 0 saturated heterocycles. The molecule has 2 heterocycles. The minimum Gasteiger partial charge on any atom is -0.308 e. The lowest BCUT2D eigenvalue weighted by atomic mass is 10.1. The molecule has 0 aromatic carbocycles. The lowest BCUT2D eigenvalue weighted by Gasteiger charge is -2.19. The molecule has 21 heavy (non-hydrogen) atoms. The number of pyridine rings is 1. The molecule has 0 bridgehead atoms. The molecule has 114 valence electrons. The minimum atomic E-state index is 0.0738. The lowest BCUT2D eigenvalue weighted by molar-refractivity contribution is 0.501. The van der Waals surface area contributed by atoms with E-state index in [9.17, 15) is 0 Å². The summed E-state index contributed by atoms with van der Waals surface area (Å²) in [7, 11) is 1.96. The highest BCUT2D eigenvalue weighted by Crippen LogP contribution is 2.28. The van der Waals surface area contributed by atoms with Gasteiger partial charge in [0, 0.05) is 19.7 Å². The van der Waals surface area contributed by atoms with Crippen LogP contribution in [0.25, 0.3) is 0 Å². The maximum absolute atomic E-state index is 6.31. The third kappa shape index (κ3) is 3.84. The predicted molar refractivity (Wildman–Crippen MR) is 89.6 cm³/mol. The summed E-state index contributed by atoms with van der Waals surface area (Å²) in [6.45, 7) is 5.07. The van der Waals surface area contributed by atoms with Crippen molar-refractivity contribution >= 4 is 27.5 Å². The fourth-order valence-corrected chi connectivity index (χ4v) is 3.08. The Morgan fingerprint density at radius 1 is 1.48 bits per heavy atom. The van der Waals surface area contributed by atoms with Crippen molar-refractivity contribution in [3.63, 3.8) is 0 Å². The first-order valence-corrected chi connectivity index (χ1v) is 8.23. The Morgan fingerprint density at radius 3 is 2.81 bits per heavy atom. The second-order valence-corrected chi connectivity index (χ2v) is 6.25. The van der Waals surface area contributed by atoms with Gasteiger partial charge in [-0.25, -0.2) is 0 Å². The normalized spacial score (nSPS) is 12.6. The van der Waals surface area contributed by atoms with Crippen molar-refractivity contribution in [2.75, 3.05) is 6.54 Å². The average molecular weight is 372 g/mol. The molecule has 0 aliphatic heterocycles. The average Bonchev–Trinajstić information content (AvgIpc) is 2.70. The fourth-order valence-electron chi connectivity index (χ4n) is 2.33. The van der Waals surface area contributed by atoms with Gasteiger partial charge in [-0.15, -0.1) is 0 Å². The van der Waals surface area contributed by atoms with Gasteiger partial charge in [-0.05, 0) is 48.0 Å². The van der Waals surface area contributed by atoms with Crippen LogP contribution in [0.2, 0.25) is 5.02 Å². The van der Waals surface area contributed by atoms with Crippen molar-refractivity contribution in [2.24, 2.45) is 7.05 Å². The summed E-state index contributed by atoms with van der Waals surface area (Å²) in [5.41, 5.74) is 3.02. The van der Waals surface area contributed by atoms with E-state index in [1.54, 1.807) is 6.20 Å². The van der Waals surface area contributed by atoms with Gasteiger partial charge in [-0.3, -0.25) is 9.67 Å². The molecule has 0 saturated carbocycles. The molecule has 4 nitrogen and oxygen atoms in total. The van der Waals surface area contributed by atoms with Gasteiger partial charge in [0.2, 0.25) is 0 Å². The number of hydrogen-bond acceptors (Lipinski definition) is 3. The largest absolute Gasteiger partial charge is 0.308 e. The molecule has 0 fully saturated rings. The number of nitrogens with one attached hydrogen (secondary N) is 1. The van der Waals surface area contributed by atoms with Crippen LogP contribution < -0.4 is 5.32 Å². The Hall–Kier alpha value is -0.910. The molecular weight excluding hydrogens is 352 g/mol. The molecule has 1 N–H and O–H groups in total. The molecular formula is C15H20BrClN4. The molecule has 0 aliphatic carbocycles. The van der Waals surface area contributed by atoms with Gasteiger partial charge in [-0.2, -0.15) is 5.10 Å². The van der Waals surface area contributed by atoms with Crippen LogP contribution in [0.1, 0.15) is 36.5 Å². The third-order valence-electron chi connectivity index (χ3n) is 3.42. The van der Waals surface area contributed by atoms with Crippen LogP contribution in [0.4, 0.5) is 0 Å². The van der Waals surface area contributed by atoms with Crippen LogP contribution in [0.5, 0.6) is 0 Å². The maximum Gasteiger partial charge on any atom is 0.0762 e. The van der Waals surface area contributed by atoms with E-state index in [4.69, 9.17) is 11.6 Å². The van der Waals surface area contributed by atoms with Crippen molar-refractivity contribution in [3.05, 3.63) is 44.9 Å². The van der Waals surface area contributed by atoms with Crippen LogP contribution in [-0.4, -0.2) is 21.3 Å². The van der Waals surface area contributed by atoms with Gasteiger partial charge in [0.1, 0.15) is 0 Å². The topological polar surface area (TPSA) is 42.7 Å². The SMILES string of the molecule is CCCNC(Cc1c(Br)c(C)nn1C)c1ncccc1Cl. The number of rotatable bonds is 6. The second-order valence-electron chi connectivity index (χ2n) is 5.05. The van der Waals surface area contributed by atoms with Gasteiger partial charge in [0.15, 0.2) is 0 Å². The van der Waals surface area contributed by atoms with Crippen LogP contribution in [0.15, 0.2) is 22.8 Å². The quantitative estimate of drug-likeness (QED) is 0.839. The molecule has 1 unspecified atom stereocenters. The highest BCUT2D eigenvalue weighted by atomic mass is 79.9. The Balaban J connectivity index is 2.31. The summed E-state index contributed by atoms with van der Waals surface area (Å²) in [6.07, 6.45) is 3.63. The van der Waals surface area contributed by atoms with Gasteiger partial charge in [0.25, 0.3) is 0 Å². The number of nitrogens with zero attached hydrogens (tertiary/aromatic N) is 3. The number of aryl methyl sites for hydroxylation is 2. The molecule has 2 rings (SSSR count). The highest BCUT2D eigenvalue weighted by molar-refractivity contribution is 9.10. The fraction of sp³-hybridized carbons (Fsp3) is 0.467. The first kappa shape index (κ1) is 16.5. The van der Waals surface area contributed by atoms with Gasteiger partial charge >= 0.3 is 0 Å². The van der Waals surface area contributed by atoms with E-state index in [-0.39, 0.29) is 6.04 Å². The van der Waals surface area contributed by atoms with Crippen molar-refractivity contribution in [3.8, 4) is 0 Å². The van der Waals surface area contributed by atoms with Crippen LogP contribution in [-0.2, 0) is 13.5 Å². The molecule has 6 heteroatoms. The smallest absolute Gasteiger partial charge is 0.0762 e. The summed E-state index contributed by atoms with van der Waals surface area (Å²) >= 11 is 9.94. The monoisotopic (exact) mass is 370 g/mol.